The van der Waals surface area contributed by atoms with Crippen molar-refractivity contribution in [3.8, 4) is 79.3 Å². The third-order valence-corrected chi connectivity index (χ3v) is 22.2. The number of thiophene rings is 1. The predicted octanol–water partition coefficient (Wildman–Crippen LogP) is 29.8. The Bertz CT molecular complexity index is 4950. The van der Waals surface area contributed by atoms with Crippen molar-refractivity contribution in [2.24, 2.45) is 0 Å². The number of nitrogens with zero attached hydrogens (tertiary/aromatic N) is 14. The van der Waals surface area contributed by atoms with E-state index >= 15 is 0 Å². The van der Waals surface area contributed by atoms with Crippen molar-refractivity contribution < 1.29 is 0 Å². The molecule has 644 valence electrons. The average molecular weight is 1700 g/mol. The van der Waals surface area contributed by atoms with E-state index in [4.69, 9.17) is 0 Å². The molecule has 0 aliphatic carbocycles. The summed E-state index contributed by atoms with van der Waals surface area (Å²) in [6, 6.07) is 73.3. The monoisotopic (exact) mass is 1690 g/mol. The Morgan fingerprint density at radius 1 is 0.192 bits per heavy atom. The van der Waals surface area contributed by atoms with Gasteiger partial charge in [-0.25, -0.2) is 64.8 Å². The first-order chi connectivity index (χ1) is 60.1. The Morgan fingerprint density at radius 3 is 0.696 bits per heavy atom. The molecule has 14 nitrogen and oxygen atoms in total. The molecule has 0 aliphatic rings. The predicted molar refractivity (Wildman–Crippen MR) is 527 cm³/mol. The second-order valence-corrected chi connectivity index (χ2v) is 35.2. The Hall–Kier alpha value is -12.5. The number of rotatable bonds is 16. The molecule has 0 saturated heterocycles. The SMILES string of the molecule is CC(C)c1ccc(-c2ccccn2)cc1.CC(C)c1ccc(-c2ncccn2)cc1.CC(C)c1ccc(-c2ncccn2)cc1.CC(C)c1cccs1.CC(C)c1nccs1.Cc1cnc(-c2ccc(C(C)C)cc2)nc1.Cc1cnc(-c2ccc(C(C)C)cc2)nc1.Cc1cnc(-c2ccc(C(C)C)cc2)nc1.Cc1ncc(-c2ccc(C(C)C)cc2)cn1. The first kappa shape index (κ1) is 97.9. The zero-order chi connectivity index (χ0) is 90.2. The molecule has 9 aromatic heterocycles. The number of thiazole rings is 1. The summed E-state index contributed by atoms with van der Waals surface area (Å²) in [6.07, 6.45) is 25.5. The van der Waals surface area contributed by atoms with Crippen LogP contribution < -0.4 is 0 Å². The standard InChI is InChI=1S/4C14H16N2.C14H15N.2C13H14N2.C7H10S.C6H9NS/c1-10(2)12-4-6-13(7-5-12)14-8-15-11(3)16-9-14;3*1-10(2)12-4-6-13(7-5-12)14-15-8-11(3)9-16-14;1-11(2)12-6-8-13(9-7-12)14-5-3-4-10-15-14;2*1-10(2)11-4-6-12(7-5-11)13-14-8-3-9-15-13;1-6(2)7-4-3-5-8-7;1-5(2)6-7-3-4-8-6/h4*4-10H,1-3H3;3-11H,1-2H3;2*3-10H,1-2H3;3-6H,1-2H3;3-5H,1-2H3. The van der Waals surface area contributed by atoms with Crippen LogP contribution in [0.1, 0.15) is 249 Å². The van der Waals surface area contributed by atoms with Crippen molar-refractivity contribution in [1.29, 1.82) is 0 Å². The van der Waals surface area contributed by atoms with Crippen LogP contribution in [0.2, 0.25) is 0 Å². The van der Waals surface area contributed by atoms with Crippen LogP contribution >= 0.6 is 22.7 Å². The van der Waals surface area contributed by atoms with E-state index in [1.54, 1.807) is 36.1 Å². The van der Waals surface area contributed by atoms with Crippen molar-refractivity contribution in [3.05, 3.63) is 381 Å². The Labute approximate surface area is 753 Å². The highest BCUT2D eigenvalue weighted by Gasteiger charge is 2.11. The third kappa shape index (κ3) is 33.6. The van der Waals surface area contributed by atoms with Crippen LogP contribution in [0.3, 0.4) is 0 Å². The second kappa shape index (κ2) is 51.6. The quantitative estimate of drug-likeness (QED) is 0.0891. The van der Waals surface area contributed by atoms with Gasteiger partial charge in [-0.2, -0.15) is 0 Å². The summed E-state index contributed by atoms with van der Waals surface area (Å²) in [7, 11) is 0. The summed E-state index contributed by atoms with van der Waals surface area (Å²) >= 11 is 3.55. The van der Waals surface area contributed by atoms with Crippen molar-refractivity contribution in [2.75, 3.05) is 0 Å². The van der Waals surface area contributed by atoms with Crippen LogP contribution in [0, 0.1) is 27.7 Å². The molecule has 125 heavy (non-hydrogen) atoms. The molecule has 16 rings (SSSR count). The maximum atomic E-state index is 4.32. The topological polar surface area (TPSA) is 180 Å². The molecule has 7 aromatic carbocycles. The molecule has 0 unspecified atom stereocenters. The highest BCUT2D eigenvalue weighted by Crippen LogP contribution is 2.28. The van der Waals surface area contributed by atoms with Gasteiger partial charge in [0.25, 0.3) is 0 Å². The van der Waals surface area contributed by atoms with E-state index in [2.05, 4.69) is 382 Å². The molecule has 0 saturated carbocycles. The first-order valence-corrected chi connectivity index (χ1v) is 45.1. The van der Waals surface area contributed by atoms with Gasteiger partial charge in [0.1, 0.15) is 5.82 Å². The Morgan fingerprint density at radius 2 is 0.472 bits per heavy atom. The van der Waals surface area contributed by atoms with E-state index in [0.29, 0.717) is 53.3 Å². The first-order valence-electron chi connectivity index (χ1n) is 43.3. The molecule has 0 bridgehead atoms. The van der Waals surface area contributed by atoms with Gasteiger partial charge in [-0.15, -0.1) is 22.7 Å². The van der Waals surface area contributed by atoms with Gasteiger partial charge in [-0.3, -0.25) is 4.98 Å². The van der Waals surface area contributed by atoms with Crippen molar-refractivity contribution in [3.63, 3.8) is 0 Å². The van der Waals surface area contributed by atoms with Gasteiger partial charge >= 0.3 is 0 Å². The summed E-state index contributed by atoms with van der Waals surface area (Å²) in [5.74, 6) is 10.0. The van der Waals surface area contributed by atoms with Crippen LogP contribution in [0.4, 0.5) is 0 Å². The van der Waals surface area contributed by atoms with E-state index < -0.39 is 0 Å². The maximum absolute atomic E-state index is 4.32. The fourth-order valence-electron chi connectivity index (χ4n) is 11.9. The van der Waals surface area contributed by atoms with Crippen LogP contribution in [-0.4, -0.2) is 69.8 Å². The normalized spacial score (nSPS) is 10.6. The minimum absolute atomic E-state index is 0.563. The Balaban J connectivity index is 0.000000176. The summed E-state index contributed by atoms with van der Waals surface area (Å²) in [4.78, 5) is 61.1. The number of aryl methyl sites for hydroxylation is 4. The van der Waals surface area contributed by atoms with Crippen LogP contribution in [0.5, 0.6) is 0 Å². The minimum atomic E-state index is 0.563. The fraction of sp³-hybridized carbons (Fsp3) is 0.284. The van der Waals surface area contributed by atoms with Gasteiger partial charge in [0.2, 0.25) is 0 Å². The lowest BCUT2D eigenvalue weighted by molar-refractivity contribution is 0.852. The molecule has 0 radical (unpaired) electrons. The smallest absolute Gasteiger partial charge is 0.159 e. The summed E-state index contributed by atoms with van der Waals surface area (Å²) < 4.78 is 0. The van der Waals surface area contributed by atoms with E-state index in [1.807, 2.05) is 137 Å². The van der Waals surface area contributed by atoms with Gasteiger partial charge in [-0.1, -0.05) is 307 Å². The van der Waals surface area contributed by atoms with E-state index in [1.165, 1.54) is 60.0 Å². The van der Waals surface area contributed by atoms with E-state index in [0.717, 1.165) is 90.7 Å². The number of pyridine rings is 1. The lowest BCUT2D eigenvalue weighted by Crippen LogP contribution is -1.91. The van der Waals surface area contributed by atoms with Gasteiger partial charge in [0.05, 0.1) is 10.7 Å². The summed E-state index contributed by atoms with van der Waals surface area (Å²) in [6.45, 7) is 47.3. The molecule has 0 spiro atoms. The molecule has 16 heteroatoms. The third-order valence-electron chi connectivity index (χ3n) is 19.9. The van der Waals surface area contributed by atoms with E-state index in [-0.39, 0.29) is 0 Å². The minimum Gasteiger partial charge on any atom is -0.256 e. The van der Waals surface area contributed by atoms with Crippen molar-refractivity contribution in [2.45, 2.75) is 206 Å². The largest absolute Gasteiger partial charge is 0.256 e. The number of hydrogen-bond donors (Lipinski definition) is 0. The number of benzene rings is 7. The van der Waals surface area contributed by atoms with Gasteiger partial charge < -0.3 is 0 Å². The van der Waals surface area contributed by atoms with Gasteiger partial charge in [0, 0.05) is 142 Å². The van der Waals surface area contributed by atoms with Crippen LogP contribution in [0.15, 0.2) is 310 Å². The average Bonchev–Trinajstić information content (AvgIpc) is 1.44. The Kier molecular flexibility index (Phi) is 40.4. The zero-order valence-electron chi connectivity index (χ0n) is 77.2. The second-order valence-electron chi connectivity index (χ2n) is 33.3. The molecule has 16 aromatic rings. The molecular weight excluding hydrogens is 1570 g/mol. The van der Waals surface area contributed by atoms with Crippen molar-refractivity contribution >= 4 is 22.7 Å². The molecule has 0 amide bonds. The number of aromatic nitrogens is 14. The highest BCUT2D eigenvalue weighted by molar-refractivity contribution is 7.10. The summed E-state index contributed by atoms with van der Waals surface area (Å²) in [5.41, 5.74) is 22.5. The molecule has 9 heterocycles. The fourth-order valence-corrected chi connectivity index (χ4v) is 13.3. The van der Waals surface area contributed by atoms with Gasteiger partial charge in [0.15, 0.2) is 29.1 Å². The maximum Gasteiger partial charge on any atom is 0.159 e. The lowest BCUT2D eigenvalue weighted by atomic mass is 10.00. The van der Waals surface area contributed by atoms with Crippen LogP contribution in [0.25, 0.3) is 79.3 Å². The molecule has 0 N–H and O–H groups in total. The van der Waals surface area contributed by atoms with Crippen molar-refractivity contribution in [1.82, 2.24) is 69.8 Å². The summed E-state index contributed by atoms with van der Waals surface area (Å²) in [5, 5.41) is 5.36. The molecular formula is C109H126N14S2. The number of hydrogen-bond acceptors (Lipinski definition) is 16. The highest BCUT2D eigenvalue weighted by atomic mass is 32.1. The lowest BCUT2D eigenvalue weighted by Gasteiger charge is -2.06. The van der Waals surface area contributed by atoms with Gasteiger partial charge in [-0.05, 0) is 172 Å². The molecule has 0 fully saturated rings. The van der Waals surface area contributed by atoms with Crippen LogP contribution in [-0.2, 0) is 0 Å². The van der Waals surface area contributed by atoms with E-state index in [9.17, 15) is 0 Å². The molecule has 0 atom stereocenters. The molecule has 0 aliphatic heterocycles. The zero-order valence-corrected chi connectivity index (χ0v) is 78.9.